The fourth-order valence-corrected chi connectivity index (χ4v) is 1.49. The van der Waals surface area contributed by atoms with Crippen LogP contribution in [0.15, 0.2) is 23.1 Å². The van der Waals surface area contributed by atoms with Gasteiger partial charge in [0.2, 0.25) is 0 Å². The predicted octanol–water partition coefficient (Wildman–Crippen LogP) is 1.93. The number of hydrogen-bond donors (Lipinski definition) is 1. The number of nitrogens with one attached hydrogen (secondary N) is 1. The zero-order valence-corrected chi connectivity index (χ0v) is 9.79. The highest BCUT2D eigenvalue weighted by molar-refractivity contribution is 5.10. The molecule has 0 spiro atoms. The molecule has 0 aliphatic carbocycles. The van der Waals surface area contributed by atoms with Crippen molar-refractivity contribution in [2.75, 3.05) is 6.54 Å². The lowest BCUT2D eigenvalue weighted by Crippen LogP contribution is -2.28. The number of nitrogens with zero attached hydrogens (tertiary/aromatic N) is 1. The normalized spacial score (nSPS) is 12.7. The third-order valence-electron chi connectivity index (χ3n) is 2.68. The maximum absolute atomic E-state index is 12.0. The maximum Gasteiger partial charge on any atom is 0.255 e. The molecule has 1 unspecified atom stereocenters. The summed E-state index contributed by atoms with van der Waals surface area (Å²) >= 11 is 0. The summed E-state index contributed by atoms with van der Waals surface area (Å²) < 4.78 is 1.81. The van der Waals surface area contributed by atoms with Crippen LogP contribution < -0.4 is 10.9 Å². The van der Waals surface area contributed by atoms with Crippen molar-refractivity contribution in [1.82, 2.24) is 9.88 Å². The molecule has 0 aromatic carbocycles. The zero-order chi connectivity index (χ0) is 11.3. The summed E-state index contributed by atoms with van der Waals surface area (Å²) in [6.07, 6.45) is 2.84. The van der Waals surface area contributed by atoms with Crippen LogP contribution in [0.2, 0.25) is 0 Å². The van der Waals surface area contributed by atoms with Crippen LogP contribution in [0.4, 0.5) is 0 Å². The van der Waals surface area contributed by atoms with Gasteiger partial charge in [0.25, 0.3) is 5.56 Å². The summed E-state index contributed by atoms with van der Waals surface area (Å²) in [4.78, 5) is 12.0. The first kappa shape index (κ1) is 12.0. The summed E-state index contributed by atoms with van der Waals surface area (Å²) in [5.74, 6) is 0. The van der Waals surface area contributed by atoms with Crippen LogP contribution >= 0.6 is 0 Å². The van der Waals surface area contributed by atoms with Gasteiger partial charge >= 0.3 is 0 Å². The molecule has 1 atom stereocenters. The van der Waals surface area contributed by atoms with Crippen LogP contribution in [0.5, 0.6) is 0 Å². The highest BCUT2D eigenvalue weighted by atomic mass is 16.1. The van der Waals surface area contributed by atoms with Crippen LogP contribution in [0.25, 0.3) is 0 Å². The highest BCUT2D eigenvalue weighted by Gasteiger charge is 2.06. The Hall–Kier alpha value is -1.09. The molecular formula is C12H20N2O. The number of rotatable bonds is 5. The molecule has 0 radical (unpaired) electrons. The van der Waals surface area contributed by atoms with E-state index in [9.17, 15) is 4.79 Å². The highest BCUT2D eigenvalue weighted by Crippen LogP contribution is 2.06. The SMILES string of the molecule is CCNCc1cccn(C(C)CC)c1=O. The summed E-state index contributed by atoms with van der Waals surface area (Å²) in [6.45, 7) is 7.74. The topological polar surface area (TPSA) is 34.0 Å². The first-order valence-electron chi connectivity index (χ1n) is 5.61. The Bertz CT molecular complexity index is 357. The van der Waals surface area contributed by atoms with Gasteiger partial charge in [-0.25, -0.2) is 0 Å². The summed E-state index contributed by atoms with van der Waals surface area (Å²) in [6, 6.07) is 4.11. The van der Waals surface area contributed by atoms with Crippen molar-refractivity contribution >= 4 is 0 Å². The van der Waals surface area contributed by atoms with E-state index in [1.54, 1.807) is 0 Å². The van der Waals surface area contributed by atoms with Gasteiger partial charge in [-0.15, -0.1) is 0 Å². The molecule has 0 saturated heterocycles. The van der Waals surface area contributed by atoms with Crippen molar-refractivity contribution < 1.29 is 0 Å². The third-order valence-corrected chi connectivity index (χ3v) is 2.68. The molecule has 0 aliphatic rings. The first-order valence-corrected chi connectivity index (χ1v) is 5.61. The molecule has 15 heavy (non-hydrogen) atoms. The lowest BCUT2D eigenvalue weighted by Gasteiger charge is -2.14. The fourth-order valence-electron chi connectivity index (χ4n) is 1.49. The van der Waals surface area contributed by atoms with Gasteiger partial charge in [0, 0.05) is 24.3 Å². The summed E-state index contributed by atoms with van der Waals surface area (Å²) in [5, 5.41) is 3.18. The van der Waals surface area contributed by atoms with Gasteiger partial charge in [0.15, 0.2) is 0 Å². The Labute approximate surface area is 91.1 Å². The Morgan fingerprint density at radius 1 is 1.47 bits per heavy atom. The van der Waals surface area contributed by atoms with E-state index in [2.05, 4.69) is 19.2 Å². The zero-order valence-electron chi connectivity index (χ0n) is 9.79. The molecule has 1 N–H and O–H groups in total. The van der Waals surface area contributed by atoms with Crippen LogP contribution in [0.3, 0.4) is 0 Å². The van der Waals surface area contributed by atoms with Gasteiger partial charge in [0.05, 0.1) is 0 Å². The van der Waals surface area contributed by atoms with E-state index < -0.39 is 0 Å². The Morgan fingerprint density at radius 2 is 2.20 bits per heavy atom. The van der Waals surface area contributed by atoms with Crippen molar-refractivity contribution in [1.29, 1.82) is 0 Å². The van der Waals surface area contributed by atoms with E-state index in [4.69, 9.17) is 0 Å². The molecule has 0 saturated carbocycles. The smallest absolute Gasteiger partial charge is 0.255 e. The molecule has 0 fully saturated rings. The predicted molar refractivity (Wildman–Crippen MR) is 63.1 cm³/mol. The van der Waals surface area contributed by atoms with Crippen LogP contribution in [0.1, 0.15) is 38.8 Å². The van der Waals surface area contributed by atoms with Gasteiger partial charge in [-0.2, -0.15) is 0 Å². The fraction of sp³-hybridized carbons (Fsp3) is 0.583. The van der Waals surface area contributed by atoms with E-state index >= 15 is 0 Å². The standard InChI is InChI=1S/C12H20N2O/c1-4-10(3)14-8-6-7-11(12(14)15)9-13-5-2/h6-8,10,13H,4-5,9H2,1-3H3. The number of hydrogen-bond acceptors (Lipinski definition) is 2. The van der Waals surface area contributed by atoms with Gasteiger partial charge in [0.1, 0.15) is 0 Å². The van der Waals surface area contributed by atoms with Gasteiger partial charge in [-0.3, -0.25) is 4.79 Å². The minimum atomic E-state index is 0.132. The summed E-state index contributed by atoms with van der Waals surface area (Å²) in [7, 11) is 0. The quantitative estimate of drug-likeness (QED) is 0.802. The second-order valence-electron chi connectivity index (χ2n) is 3.78. The van der Waals surface area contributed by atoms with Crippen molar-refractivity contribution in [2.45, 2.75) is 39.8 Å². The Balaban J connectivity index is 2.95. The van der Waals surface area contributed by atoms with Crippen molar-refractivity contribution in [3.8, 4) is 0 Å². The molecule has 3 nitrogen and oxygen atoms in total. The van der Waals surface area contributed by atoms with E-state index in [1.165, 1.54) is 0 Å². The molecule has 0 bridgehead atoms. The van der Waals surface area contributed by atoms with Crippen LogP contribution in [-0.2, 0) is 6.54 Å². The Kier molecular flexibility index (Phi) is 4.56. The van der Waals surface area contributed by atoms with Crippen LogP contribution in [0, 0.1) is 0 Å². The molecular weight excluding hydrogens is 188 g/mol. The molecule has 1 heterocycles. The van der Waals surface area contributed by atoms with Gasteiger partial charge in [-0.1, -0.05) is 19.9 Å². The minimum Gasteiger partial charge on any atom is -0.313 e. The molecule has 3 heteroatoms. The molecule has 1 aromatic heterocycles. The molecule has 0 amide bonds. The average Bonchev–Trinajstić information content (AvgIpc) is 2.27. The van der Waals surface area contributed by atoms with E-state index in [0.717, 1.165) is 18.5 Å². The molecule has 84 valence electrons. The van der Waals surface area contributed by atoms with E-state index in [-0.39, 0.29) is 11.6 Å². The maximum atomic E-state index is 12.0. The van der Waals surface area contributed by atoms with Crippen molar-refractivity contribution in [3.05, 3.63) is 34.2 Å². The van der Waals surface area contributed by atoms with E-state index in [0.29, 0.717) is 6.54 Å². The molecule has 1 aromatic rings. The first-order chi connectivity index (χ1) is 7.20. The van der Waals surface area contributed by atoms with Crippen molar-refractivity contribution in [2.24, 2.45) is 0 Å². The number of pyridine rings is 1. The summed E-state index contributed by atoms with van der Waals surface area (Å²) in [5.41, 5.74) is 0.979. The monoisotopic (exact) mass is 208 g/mol. The number of aromatic nitrogens is 1. The van der Waals surface area contributed by atoms with Gasteiger partial charge in [-0.05, 0) is 26.0 Å². The Morgan fingerprint density at radius 3 is 2.80 bits per heavy atom. The van der Waals surface area contributed by atoms with Crippen molar-refractivity contribution in [3.63, 3.8) is 0 Å². The van der Waals surface area contributed by atoms with Gasteiger partial charge < -0.3 is 9.88 Å². The molecule has 0 aliphatic heterocycles. The average molecular weight is 208 g/mol. The van der Waals surface area contributed by atoms with Crippen LogP contribution in [-0.4, -0.2) is 11.1 Å². The second kappa shape index (κ2) is 5.71. The lowest BCUT2D eigenvalue weighted by atomic mass is 10.2. The van der Waals surface area contributed by atoms with E-state index in [1.807, 2.05) is 29.8 Å². The third kappa shape index (κ3) is 2.93. The lowest BCUT2D eigenvalue weighted by molar-refractivity contribution is 0.509. The largest absolute Gasteiger partial charge is 0.313 e. The molecule has 1 rings (SSSR count). The second-order valence-corrected chi connectivity index (χ2v) is 3.78. The minimum absolute atomic E-state index is 0.132.